The minimum Gasteiger partial charge on any atom is -0.493 e. The number of hydrogen-bond donors (Lipinski definition) is 1. The highest BCUT2D eigenvalue weighted by Crippen LogP contribution is 2.24. The molecule has 0 radical (unpaired) electrons. The summed E-state index contributed by atoms with van der Waals surface area (Å²) in [5.74, 6) is 0.913. The quantitative estimate of drug-likeness (QED) is 0.482. The molecule has 1 aliphatic rings. The van der Waals surface area contributed by atoms with E-state index in [9.17, 15) is 13.2 Å². The summed E-state index contributed by atoms with van der Waals surface area (Å²) >= 11 is 0. The average molecular weight is 413 g/mol. The lowest BCUT2D eigenvalue weighted by Gasteiger charge is -2.27. The van der Waals surface area contributed by atoms with E-state index in [1.165, 1.54) is 18.4 Å². The van der Waals surface area contributed by atoms with Crippen molar-refractivity contribution < 1.29 is 17.9 Å². The molecule has 0 spiro atoms. The van der Waals surface area contributed by atoms with Crippen LogP contribution in [0.5, 0.6) is 5.75 Å². The third kappa shape index (κ3) is 9.11. The molecule has 0 aliphatic carbocycles. The van der Waals surface area contributed by atoms with Crippen molar-refractivity contribution in [3.8, 4) is 5.75 Å². The van der Waals surface area contributed by atoms with Crippen LogP contribution in [0.25, 0.3) is 0 Å². The lowest BCUT2D eigenvalue weighted by atomic mass is 10.0. The highest BCUT2D eigenvalue weighted by atomic mass is 19.4. The largest absolute Gasteiger partial charge is 0.493 e. The van der Waals surface area contributed by atoms with Crippen molar-refractivity contribution in [1.29, 1.82) is 0 Å². The van der Waals surface area contributed by atoms with Gasteiger partial charge in [-0.25, -0.2) is 0 Å². The van der Waals surface area contributed by atoms with Crippen molar-refractivity contribution >= 4 is 0 Å². The third-order valence-corrected chi connectivity index (χ3v) is 5.21. The van der Waals surface area contributed by atoms with Crippen LogP contribution in [-0.4, -0.2) is 43.4 Å². The van der Waals surface area contributed by atoms with Crippen molar-refractivity contribution in [1.82, 2.24) is 10.2 Å². The van der Waals surface area contributed by atoms with Crippen LogP contribution in [0.3, 0.4) is 0 Å². The Morgan fingerprint density at radius 3 is 2.62 bits per heavy atom. The standard InChI is InChI=1S/C23H35F3N2O/c1-4-14-29-22-10-9-20(15-18(22)2)16-21(17-28-12-5-6-13-28)27-19(3)8-7-11-23(24,25)26/h9-10,15,21,27H,3-8,11-14,16-17H2,1-2H3/t21-/m0/s1. The molecule has 1 heterocycles. The summed E-state index contributed by atoms with van der Waals surface area (Å²) in [5, 5.41) is 3.41. The van der Waals surface area contributed by atoms with Crippen LogP contribution >= 0.6 is 0 Å². The Balaban J connectivity index is 1.96. The number of hydrogen-bond acceptors (Lipinski definition) is 3. The first-order chi connectivity index (χ1) is 13.8. The predicted molar refractivity (Wildman–Crippen MR) is 112 cm³/mol. The molecule has 1 aliphatic heterocycles. The second-order valence-corrected chi connectivity index (χ2v) is 8.07. The lowest BCUT2D eigenvalue weighted by Crippen LogP contribution is -2.41. The molecule has 29 heavy (non-hydrogen) atoms. The van der Waals surface area contributed by atoms with E-state index in [0.717, 1.165) is 43.8 Å². The summed E-state index contributed by atoms with van der Waals surface area (Å²) in [6.45, 7) is 11.9. The third-order valence-electron chi connectivity index (χ3n) is 5.21. The topological polar surface area (TPSA) is 24.5 Å². The number of allylic oxidation sites excluding steroid dienone is 1. The van der Waals surface area contributed by atoms with Gasteiger partial charge in [0.25, 0.3) is 0 Å². The molecule has 0 unspecified atom stereocenters. The minimum absolute atomic E-state index is 0.0777. The van der Waals surface area contributed by atoms with Gasteiger partial charge in [-0.2, -0.15) is 13.2 Å². The first-order valence-electron chi connectivity index (χ1n) is 10.7. The van der Waals surface area contributed by atoms with Crippen molar-refractivity contribution in [3.05, 3.63) is 41.6 Å². The van der Waals surface area contributed by atoms with Crippen LogP contribution in [0.4, 0.5) is 13.2 Å². The summed E-state index contributed by atoms with van der Waals surface area (Å²) < 4.78 is 43.0. The Kier molecular flexibility index (Phi) is 9.34. The van der Waals surface area contributed by atoms with Gasteiger partial charge in [-0.1, -0.05) is 25.6 Å². The SMILES string of the molecule is C=C(CCCC(F)(F)F)N[C@@H](Cc1ccc(OCCC)c(C)c1)CN1CCCC1. The van der Waals surface area contributed by atoms with Gasteiger partial charge in [0, 0.05) is 24.7 Å². The molecule has 3 nitrogen and oxygen atoms in total. The fraction of sp³-hybridized carbons (Fsp3) is 0.652. The van der Waals surface area contributed by atoms with Crippen LogP contribution in [0, 0.1) is 6.92 Å². The number of rotatable bonds is 12. The molecule has 0 amide bonds. The number of alkyl halides is 3. The summed E-state index contributed by atoms with van der Waals surface area (Å²) in [7, 11) is 0. The molecule has 2 rings (SSSR count). The van der Waals surface area contributed by atoms with Crippen LogP contribution in [0.15, 0.2) is 30.5 Å². The fourth-order valence-electron chi connectivity index (χ4n) is 3.80. The van der Waals surface area contributed by atoms with Gasteiger partial charge in [-0.3, -0.25) is 0 Å². The van der Waals surface area contributed by atoms with E-state index in [2.05, 4.69) is 35.9 Å². The normalized spacial score (nSPS) is 16.0. The van der Waals surface area contributed by atoms with Crippen LogP contribution in [-0.2, 0) is 6.42 Å². The van der Waals surface area contributed by atoms with Gasteiger partial charge >= 0.3 is 6.18 Å². The zero-order valence-corrected chi connectivity index (χ0v) is 17.8. The molecule has 0 bridgehead atoms. The summed E-state index contributed by atoms with van der Waals surface area (Å²) in [6.07, 6.45) is -0.239. The number of nitrogens with zero attached hydrogens (tertiary/aromatic N) is 1. The zero-order chi connectivity index (χ0) is 21.3. The Hall–Kier alpha value is -1.69. The van der Waals surface area contributed by atoms with Gasteiger partial charge in [0.1, 0.15) is 5.75 Å². The summed E-state index contributed by atoms with van der Waals surface area (Å²) in [4.78, 5) is 2.42. The van der Waals surface area contributed by atoms with E-state index in [1.54, 1.807) is 0 Å². The molecule has 1 atom stereocenters. The Morgan fingerprint density at radius 2 is 2.00 bits per heavy atom. The van der Waals surface area contributed by atoms with Gasteiger partial charge in [-0.15, -0.1) is 0 Å². The van der Waals surface area contributed by atoms with Gasteiger partial charge in [0.2, 0.25) is 0 Å². The van der Waals surface area contributed by atoms with E-state index >= 15 is 0 Å². The smallest absolute Gasteiger partial charge is 0.389 e. The van der Waals surface area contributed by atoms with Crippen molar-refractivity contribution in [3.63, 3.8) is 0 Å². The van der Waals surface area contributed by atoms with E-state index < -0.39 is 12.6 Å². The van der Waals surface area contributed by atoms with Crippen molar-refractivity contribution in [2.24, 2.45) is 0 Å². The van der Waals surface area contributed by atoms with E-state index in [0.29, 0.717) is 18.7 Å². The molecule has 164 valence electrons. The molecule has 1 aromatic rings. The molecule has 6 heteroatoms. The summed E-state index contributed by atoms with van der Waals surface area (Å²) in [6, 6.07) is 6.39. The van der Waals surface area contributed by atoms with Gasteiger partial charge < -0.3 is 15.0 Å². The minimum atomic E-state index is -4.10. The second-order valence-electron chi connectivity index (χ2n) is 8.07. The maximum Gasteiger partial charge on any atom is 0.389 e. The number of halogens is 3. The molecule has 1 N–H and O–H groups in total. The van der Waals surface area contributed by atoms with E-state index in [1.807, 2.05) is 13.0 Å². The predicted octanol–water partition coefficient (Wildman–Crippen LogP) is 5.63. The Bertz CT molecular complexity index is 640. The monoisotopic (exact) mass is 412 g/mol. The first kappa shape index (κ1) is 23.6. The molecular weight excluding hydrogens is 377 g/mol. The van der Waals surface area contributed by atoms with Crippen molar-refractivity contribution in [2.75, 3.05) is 26.2 Å². The summed E-state index contributed by atoms with van der Waals surface area (Å²) in [5.41, 5.74) is 3.00. The first-order valence-corrected chi connectivity index (χ1v) is 10.7. The zero-order valence-electron chi connectivity index (χ0n) is 17.8. The molecule has 1 aromatic carbocycles. The number of nitrogens with one attached hydrogen (secondary N) is 1. The van der Waals surface area contributed by atoms with E-state index in [-0.39, 0.29) is 12.5 Å². The second kappa shape index (κ2) is 11.5. The number of aryl methyl sites for hydroxylation is 1. The van der Waals surface area contributed by atoms with Gasteiger partial charge in [-0.05, 0) is 75.7 Å². The maximum absolute atomic E-state index is 12.4. The molecule has 1 fully saturated rings. The highest BCUT2D eigenvalue weighted by molar-refractivity contribution is 5.36. The molecular formula is C23H35F3N2O. The van der Waals surface area contributed by atoms with Crippen molar-refractivity contribution in [2.45, 2.75) is 71.0 Å². The Labute approximate surface area is 173 Å². The van der Waals surface area contributed by atoms with Crippen LogP contribution in [0.2, 0.25) is 0 Å². The molecule has 1 saturated heterocycles. The van der Waals surface area contributed by atoms with Gasteiger partial charge in [0.15, 0.2) is 0 Å². The van der Waals surface area contributed by atoms with E-state index in [4.69, 9.17) is 4.74 Å². The number of benzene rings is 1. The number of likely N-dealkylation sites (tertiary alicyclic amines) is 1. The molecule has 0 aromatic heterocycles. The maximum atomic E-state index is 12.4. The Morgan fingerprint density at radius 1 is 1.28 bits per heavy atom. The lowest BCUT2D eigenvalue weighted by molar-refractivity contribution is -0.135. The average Bonchev–Trinajstić information content (AvgIpc) is 3.13. The highest BCUT2D eigenvalue weighted by Gasteiger charge is 2.26. The molecule has 0 saturated carbocycles. The fourth-order valence-corrected chi connectivity index (χ4v) is 3.80. The van der Waals surface area contributed by atoms with Crippen LogP contribution in [0.1, 0.15) is 56.6 Å². The number of ether oxygens (including phenoxy) is 1. The van der Waals surface area contributed by atoms with Crippen LogP contribution < -0.4 is 10.1 Å². The van der Waals surface area contributed by atoms with Gasteiger partial charge in [0.05, 0.1) is 6.61 Å².